The van der Waals surface area contributed by atoms with Crippen molar-refractivity contribution in [2.45, 2.75) is 11.8 Å². The average Bonchev–Trinajstić information content (AvgIpc) is 2.90. The van der Waals surface area contributed by atoms with Gasteiger partial charge in [0.15, 0.2) is 11.5 Å². The summed E-state index contributed by atoms with van der Waals surface area (Å²) in [4.78, 5) is 12.2. The van der Waals surface area contributed by atoms with Crippen molar-refractivity contribution in [2.75, 3.05) is 19.5 Å². The lowest BCUT2D eigenvalue weighted by Gasteiger charge is -2.16. The van der Waals surface area contributed by atoms with E-state index < -0.39 is 17.8 Å². The Morgan fingerprint density at radius 3 is 2.38 bits per heavy atom. The molecule has 1 N–H and O–H groups in total. The van der Waals surface area contributed by atoms with Crippen molar-refractivity contribution >= 4 is 23.3 Å². The summed E-state index contributed by atoms with van der Waals surface area (Å²) in [5.41, 5.74) is -2.42. The Bertz CT molecular complexity index is 823. The van der Waals surface area contributed by atoms with Crippen molar-refractivity contribution in [2.24, 2.45) is 0 Å². The fraction of sp³-hybridized carbons (Fsp3) is 0.235. The van der Waals surface area contributed by atoms with Gasteiger partial charge in [-0.3, -0.25) is 0 Å². The standard InChI is InChI=1S/C17H14ClF2NO5/c1-23-12-8-7-11-13(14(12)24-2)16(22)25-15(11)21-9-3-5-10(6-4-9)26-17(18,19)20/h3-8,15,21H,1-2H3/t15-/m1/s1. The van der Waals surface area contributed by atoms with E-state index in [9.17, 15) is 13.6 Å². The van der Waals surface area contributed by atoms with E-state index in [1.807, 2.05) is 0 Å². The first-order valence-corrected chi connectivity index (χ1v) is 7.78. The monoisotopic (exact) mass is 385 g/mol. The molecule has 1 atom stereocenters. The molecule has 0 fully saturated rings. The van der Waals surface area contributed by atoms with E-state index in [0.717, 1.165) is 0 Å². The molecule has 0 aliphatic carbocycles. The van der Waals surface area contributed by atoms with Crippen molar-refractivity contribution in [3.05, 3.63) is 47.5 Å². The van der Waals surface area contributed by atoms with E-state index in [2.05, 4.69) is 10.1 Å². The van der Waals surface area contributed by atoms with Crippen LogP contribution in [0.2, 0.25) is 0 Å². The number of halogens is 3. The molecule has 0 saturated heterocycles. The Morgan fingerprint density at radius 2 is 1.81 bits per heavy atom. The van der Waals surface area contributed by atoms with Crippen LogP contribution in [0.3, 0.4) is 0 Å². The minimum absolute atomic E-state index is 0.106. The number of fused-ring (bicyclic) bond motifs is 1. The number of ether oxygens (including phenoxy) is 4. The van der Waals surface area contributed by atoms with Gasteiger partial charge in [-0.25, -0.2) is 4.79 Å². The summed E-state index contributed by atoms with van der Waals surface area (Å²) >= 11 is 4.72. The lowest BCUT2D eigenvalue weighted by molar-refractivity contribution is -0.0964. The Labute approximate surface area is 152 Å². The third kappa shape index (κ3) is 3.60. The van der Waals surface area contributed by atoms with E-state index in [1.54, 1.807) is 12.1 Å². The molecule has 0 aromatic heterocycles. The molecule has 26 heavy (non-hydrogen) atoms. The quantitative estimate of drug-likeness (QED) is 0.595. The normalized spacial score (nSPS) is 15.9. The first kappa shape index (κ1) is 18.1. The topological polar surface area (TPSA) is 66.0 Å². The summed E-state index contributed by atoms with van der Waals surface area (Å²) < 4.78 is 45.3. The van der Waals surface area contributed by atoms with Gasteiger partial charge < -0.3 is 24.3 Å². The molecular weight excluding hydrogens is 372 g/mol. The second-order valence-corrected chi connectivity index (χ2v) is 5.71. The van der Waals surface area contributed by atoms with Gasteiger partial charge in [-0.1, -0.05) is 0 Å². The molecule has 1 heterocycles. The second-order valence-electron chi connectivity index (χ2n) is 5.27. The van der Waals surface area contributed by atoms with E-state index in [0.29, 0.717) is 17.0 Å². The molecule has 2 aromatic carbocycles. The third-order valence-corrected chi connectivity index (χ3v) is 3.75. The van der Waals surface area contributed by atoms with Gasteiger partial charge in [0.2, 0.25) is 6.23 Å². The van der Waals surface area contributed by atoms with Gasteiger partial charge in [0.1, 0.15) is 11.3 Å². The van der Waals surface area contributed by atoms with Crippen LogP contribution in [0.1, 0.15) is 22.1 Å². The highest BCUT2D eigenvalue weighted by molar-refractivity contribution is 6.20. The average molecular weight is 386 g/mol. The van der Waals surface area contributed by atoms with E-state index >= 15 is 0 Å². The predicted octanol–water partition coefficient (Wildman–Crippen LogP) is 4.15. The minimum Gasteiger partial charge on any atom is -0.493 e. The fourth-order valence-electron chi connectivity index (χ4n) is 2.61. The smallest absolute Gasteiger partial charge is 0.487 e. The number of benzene rings is 2. The Morgan fingerprint density at radius 1 is 1.12 bits per heavy atom. The summed E-state index contributed by atoms with van der Waals surface area (Å²) in [6.45, 7) is 0. The molecule has 1 aliphatic heterocycles. The van der Waals surface area contributed by atoms with Crippen LogP contribution in [0, 0.1) is 0 Å². The van der Waals surface area contributed by atoms with E-state index in [1.165, 1.54) is 38.5 Å². The summed E-state index contributed by atoms with van der Waals surface area (Å²) in [7, 11) is 2.89. The van der Waals surface area contributed by atoms with Crippen LogP contribution in [-0.2, 0) is 4.74 Å². The summed E-state index contributed by atoms with van der Waals surface area (Å²) in [5, 5.41) is 2.99. The van der Waals surface area contributed by atoms with Crippen LogP contribution in [0.5, 0.6) is 17.2 Å². The molecule has 9 heteroatoms. The van der Waals surface area contributed by atoms with Gasteiger partial charge in [0.25, 0.3) is 0 Å². The maximum absolute atomic E-state index is 12.6. The minimum atomic E-state index is -3.79. The number of esters is 1. The number of methoxy groups -OCH3 is 2. The van der Waals surface area contributed by atoms with Crippen LogP contribution in [0.4, 0.5) is 14.5 Å². The Hall–Kier alpha value is -2.74. The molecular formula is C17H14ClF2NO5. The van der Waals surface area contributed by atoms with Crippen LogP contribution >= 0.6 is 11.6 Å². The largest absolute Gasteiger partial charge is 0.493 e. The van der Waals surface area contributed by atoms with Gasteiger partial charge in [0, 0.05) is 22.9 Å². The lowest BCUT2D eigenvalue weighted by atomic mass is 10.1. The predicted molar refractivity (Wildman–Crippen MR) is 89.2 cm³/mol. The van der Waals surface area contributed by atoms with E-state index in [-0.39, 0.29) is 17.1 Å². The molecule has 0 unspecified atom stereocenters. The van der Waals surface area contributed by atoms with Crippen LogP contribution in [0.25, 0.3) is 0 Å². The first-order chi connectivity index (χ1) is 12.3. The first-order valence-electron chi connectivity index (χ1n) is 7.40. The second kappa shape index (κ2) is 6.87. The molecule has 0 saturated carbocycles. The molecule has 0 amide bonds. The van der Waals surface area contributed by atoms with Crippen molar-refractivity contribution in [1.29, 1.82) is 0 Å². The molecule has 0 bridgehead atoms. The van der Waals surface area contributed by atoms with Crippen molar-refractivity contribution < 1.29 is 32.5 Å². The molecule has 3 rings (SSSR count). The lowest BCUT2D eigenvalue weighted by Crippen LogP contribution is -2.15. The maximum Gasteiger partial charge on any atom is 0.487 e. The maximum atomic E-state index is 12.6. The highest BCUT2D eigenvalue weighted by Gasteiger charge is 2.36. The van der Waals surface area contributed by atoms with Crippen molar-refractivity contribution in [3.8, 4) is 17.2 Å². The molecule has 0 radical (unpaired) electrons. The number of hydrogen-bond acceptors (Lipinski definition) is 6. The fourth-order valence-corrected chi connectivity index (χ4v) is 2.70. The number of alkyl halides is 3. The molecule has 1 aliphatic rings. The molecule has 2 aromatic rings. The van der Waals surface area contributed by atoms with E-state index in [4.69, 9.17) is 25.8 Å². The molecule has 138 valence electrons. The van der Waals surface area contributed by atoms with Gasteiger partial charge in [-0.05, 0) is 36.4 Å². The number of anilines is 1. The van der Waals surface area contributed by atoms with Gasteiger partial charge in [-0.2, -0.15) is 0 Å². The Balaban J connectivity index is 1.82. The number of cyclic esters (lactones) is 1. The zero-order valence-corrected chi connectivity index (χ0v) is 14.5. The summed E-state index contributed by atoms with van der Waals surface area (Å²) in [6.07, 6.45) is -0.765. The SMILES string of the molecule is COc1ccc2c(c1OC)C(=O)O[C@H]2Nc1ccc(OC(F)(F)Cl)cc1. The highest BCUT2D eigenvalue weighted by Crippen LogP contribution is 2.42. The van der Waals surface area contributed by atoms with Gasteiger partial charge in [0.05, 0.1) is 14.2 Å². The van der Waals surface area contributed by atoms with Crippen molar-refractivity contribution in [3.63, 3.8) is 0 Å². The number of carbonyl (C=O) groups is 1. The van der Waals surface area contributed by atoms with Crippen LogP contribution in [0.15, 0.2) is 36.4 Å². The van der Waals surface area contributed by atoms with Gasteiger partial charge >= 0.3 is 11.5 Å². The zero-order valence-electron chi connectivity index (χ0n) is 13.7. The number of rotatable bonds is 6. The Kier molecular flexibility index (Phi) is 4.78. The third-order valence-electron chi connectivity index (χ3n) is 3.67. The molecule has 0 spiro atoms. The van der Waals surface area contributed by atoms with Crippen molar-refractivity contribution in [1.82, 2.24) is 0 Å². The summed E-state index contributed by atoms with van der Waals surface area (Å²) in [5.74, 6) is 0.0282. The van der Waals surface area contributed by atoms with Gasteiger partial charge in [-0.15, -0.1) is 8.78 Å². The molecule has 6 nitrogen and oxygen atoms in total. The van der Waals surface area contributed by atoms with Crippen LogP contribution < -0.4 is 19.5 Å². The summed E-state index contributed by atoms with van der Waals surface area (Å²) in [6, 6.07) is 8.95. The number of nitrogens with one attached hydrogen (secondary N) is 1. The van der Waals surface area contributed by atoms with Crippen LogP contribution in [-0.4, -0.2) is 25.8 Å². The number of carbonyl (C=O) groups excluding carboxylic acids is 1. The number of hydrogen-bond donors (Lipinski definition) is 1. The zero-order chi connectivity index (χ0) is 18.9. The highest BCUT2D eigenvalue weighted by atomic mass is 35.5.